The van der Waals surface area contributed by atoms with Crippen molar-refractivity contribution in [2.75, 3.05) is 11.0 Å². The Morgan fingerprint density at radius 1 is 1.24 bits per heavy atom. The van der Waals surface area contributed by atoms with Gasteiger partial charge in [0.1, 0.15) is 6.33 Å². The zero-order valence-corrected chi connectivity index (χ0v) is 12.1. The standard InChI is InChI=1S/C13H14N4O3S/c1-21(19,20)17-12-4-2-3-10(5-12)6-16-13(18)11-7-14-9-15-8-11/h2-5,7-9,17H,6H2,1H3,(H,16,18). The molecule has 0 saturated heterocycles. The number of hydrogen-bond donors (Lipinski definition) is 2. The molecule has 2 aromatic rings. The van der Waals surface area contributed by atoms with Gasteiger partial charge in [-0.2, -0.15) is 0 Å². The monoisotopic (exact) mass is 306 g/mol. The maximum atomic E-state index is 11.8. The molecule has 0 fully saturated rings. The molecule has 7 nitrogen and oxygen atoms in total. The fraction of sp³-hybridized carbons (Fsp3) is 0.154. The molecule has 1 heterocycles. The predicted molar refractivity (Wildman–Crippen MR) is 78.1 cm³/mol. The molecule has 0 aliphatic carbocycles. The van der Waals surface area contributed by atoms with Crippen LogP contribution in [0.4, 0.5) is 5.69 Å². The summed E-state index contributed by atoms with van der Waals surface area (Å²) in [6, 6.07) is 6.79. The molecule has 21 heavy (non-hydrogen) atoms. The van der Waals surface area contributed by atoms with Crippen LogP contribution in [-0.4, -0.2) is 30.5 Å². The molecule has 1 amide bonds. The number of benzene rings is 1. The van der Waals surface area contributed by atoms with Crippen LogP contribution in [0.1, 0.15) is 15.9 Å². The number of rotatable bonds is 5. The Morgan fingerprint density at radius 3 is 2.62 bits per heavy atom. The normalized spacial score (nSPS) is 10.9. The maximum Gasteiger partial charge on any atom is 0.254 e. The van der Waals surface area contributed by atoms with Gasteiger partial charge in [-0.25, -0.2) is 18.4 Å². The number of anilines is 1. The van der Waals surface area contributed by atoms with E-state index >= 15 is 0 Å². The summed E-state index contributed by atoms with van der Waals surface area (Å²) in [5.74, 6) is -0.294. The van der Waals surface area contributed by atoms with Gasteiger partial charge in [-0.3, -0.25) is 9.52 Å². The highest BCUT2D eigenvalue weighted by molar-refractivity contribution is 7.92. The third-order valence-corrected chi connectivity index (χ3v) is 3.11. The molecular weight excluding hydrogens is 292 g/mol. The van der Waals surface area contributed by atoms with E-state index in [1.165, 1.54) is 18.7 Å². The van der Waals surface area contributed by atoms with E-state index in [2.05, 4.69) is 20.0 Å². The van der Waals surface area contributed by atoms with E-state index < -0.39 is 10.0 Å². The van der Waals surface area contributed by atoms with E-state index in [0.29, 0.717) is 11.3 Å². The van der Waals surface area contributed by atoms with Gasteiger partial charge in [0.05, 0.1) is 11.8 Å². The van der Waals surface area contributed by atoms with Crippen LogP contribution in [-0.2, 0) is 16.6 Å². The summed E-state index contributed by atoms with van der Waals surface area (Å²) >= 11 is 0. The largest absolute Gasteiger partial charge is 0.348 e. The molecule has 1 aromatic heterocycles. The maximum absolute atomic E-state index is 11.8. The highest BCUT2D eigenvalue weighted by atomic mass is 32.2. The Labute approximate surface area is 122 Å². The van der Waals surface area contributed by atoms with Crippen molar-refractivity contribution in [2.24, 2.45) is 0 Å². The van der Waals surface area contributed by atoms with Gasteiger partial charge in [0.15, 0.2) is 0 Å². The first kappa shape index (κ1) is 14.9. The third kappa shape index (κ3) is 4.84. The van der Waals surface area contributed by atoms with Crippen molar-refractivity contribution in [1.82, 2.24) is 15.3 Å². The molecule has 2 rings (SSSR count). The lowest BCUT2D eigenvalue weighted by Gasteiger charge is -2.08. The molecule has 110 valence electrons. The van der Waals surface area contributed by atoms with Gasteiger partial charge in [-0.1, -0.05) is 12.1 Å². The molecule has 0 aliphatic rings. The van der Waals surface area contributed by atoms with Crippen LogP contribution in [0.3, 0.4) is 0 Å². The molecular formula is C13H14N4O3S. The van der Waals surface area contributed by atoms with Gasteiger partial charge in [0.2, 0.25) is 10.0 Å². The number of carbonyl (C=O) groups is 1. The Kier molecular flexibility index (Phi) is 4.49. The predicted octanol–water partition coefficient (Wildman–Crippen LogP) is 0.778. The van der Waals surface area contributed by atoms with Gasteiger partial charge in [0, 0.05) is 24.6 Å². The third-order valence-electron chi connectivity index (χ3n) is 2.51. The highest BCUT2D eigenvalue weighted by Gasteiger charge is 2.06. The van der Waals surface area contributed by atoms with Gasteiger partial charge in [-0.05, 0) is 17.7 Å². The summed E-state index contributed by atoms with van der Waals surface area (Å²) in [7, 11) is -3.32. The second-order valence-electron chi connectivity index (χ2n) is 4.38. The lowest BCUT2D eigenvalue weighted by atomic mass is 10.2. The Balaban J connectivity index is 2.01. The average molecular weight is 306 g/mol. The molecule has 0 spiro atoms. The number of carbonyl (C=O) groups excluding carboxylic acids is 1. The first-order valence-electron chi connectivity index (χ1n) is 6.04. The Morgan fingerprint density at radius 2 is 1.95 bits per heavy atom. The van der Waals surface area contributed by atoms with Crippen molar-refractivity contribution in [1.29, 1.82) is 0 Å². The number of sulfonamides is 1. The van der Waals surface area contributed by atoms with Crippen molar-refractivity contribution in [3.63, 3.8) is 0 Å². The molecule has 2 N–H and O–H groups in total. The van der Waals surface area contributed by atoms with E-state index in [1.807, 2.05) is 0 Å². The number of aromatic nitrogens is 2. The minimum atomic E-state index is -3.32. The second kappa shape index (κ2) is 6.31. The van der Waals surface area contributed by atoms with Crippen LogP contribution in [0.2, 0.25) is 0 Å². The van der Waals surface area contributed by atoms with Crippen molar-refractivity contribution < 1.29 is 13.2 Å². The van der Waals surface area contributed by atoms with Crippen molar-refractivity contribution in [2.45, 2.75) is 6.54 Å². The summed E-state index contributed by atoms with van der Waals surface area (Å²) < 4.78 is 24.7. The van der Waals surface area contributed by atoms with Crippen LogP contribution in [0.5, 0.6) is 0 Å². The van der Waals surface area contributed by atoms with Crippen LogP contribution in [0.15, 0.2) is 43.0 Å². The molecule has 0 bridgehead atoms. The lowest BCUT2D eigenvalue weighted by Crippen LogP contribution is -2.23. The number of nitrogens with zero attached hydrogens (tertiary/aromatic N) is 2. The molecule has 1 aromatic carbocycles. The van der Waals surface area contributed by atoms with Gasteiger partial charge >= 0.3 is 0 Å². The summed E-state index contributed by atoms with van der Waals surface area (Å²) in [6.07, 6.45) is 5.27. The number of amides is 1. The minimum absolute atomic E-state index is 0.271. The fourth-order valence-electron chi connectivity index (χ4n) is 1.66. The molecule has 0 unspecified atom stereocenters. The minimum Gasteiger partial charge on any atom is -0.348 e. The van der Waals surface area contributed by atoms with E-state index in [9.17, 15) is 13.2 Å². The van der Waals surface area contributed by atoms with Gasteiger partial charge in [0.25, 0.3) is 5.91 Å². The average Bonchev–Trinajstić information content (AvgIpc) is 2.44. The molecule has 0 aliphatic heterocycles. The molecule has 0 radical (unpaired) electrons. The van der Waals surface area contributed by atoms with E-state index in [4.69, 9.17) is 0 Å². The highest BCUT2D eigenvalue weighted by Crippen LogP contribution is 2.11. The van der Waals surface area contributed by atoms with E-state index in [-0.39, 0.29) is 12.5 Å². The zero-order valence-electron chi connectivity index (χ0n) is 11.3. The van der Waals surface area contributed by atoms with Crippen LogP contribution < -0.4 is 10.0 Å². The smallest absolute Gasteiger partial charge is 0.254 e. The van der Waals surface area contributed by atoms with E-state index in [1.54, 1.807) is 24.3 Å². The second-order valence-corrected chi connectivity index (χ2v) is 6.13. The SMILES string of the molecule is CS(=O)(=O)Nc1cccc(CNC(=O)c2cncnc2)c1. The Hall–Kier alpha value is -2.48. The van der Waals surface area contributed by atoms with E-state index in [0.717, 1.165) is 11.8 Å². The number of hydrogen-bond acceptors (Lipinski definition) is 5. The quantitative estimate of drug-likeness (QED) is 0.850. The van der Waals surface area contributed by atoms with Crippen molar-refractivity contribution in [3.05, 3.63) is 54.1 Å². The zero-order chi connectivity index (χ0) is 15.3. The first-order valence-corrected chi connectivity index (χ1v) is 7.93. The molecule has 8 heteroatoms. The van der Waals surface area contributed by atoms with Gasteiger partial charge in [-0.15, -0.1) is 0 Å². The van der Waals surface area contributed by atoms with Crippen LogP contribution >= 0.6 is 0 Å². The lowest BCUT2D eigenvalue weighted by molar-refractivity contribution is 0.0950. The topological polar surface area (TPSA) is 101 Å². The Bertz CT molecular complexity index is 732. The summed E-state index contributed by atoms with van der Waals surface area (Å²) in [4.78, 5) is 19.4. The summed E-state index contributed by atoms with van der Waals surface area (Å²) in [5, 5.41) is 2.71. The van der Waals surface area contributed by atoms with Crippen LogP contribution in [0, 0.1) is 0 Å². The number of nitrogens with one attached hydrogen (secondary N) is 2. The van der Waals surface area contributed by atoms with Gasteiger partial charge < -0.3 is 5.32 Å². The molecule has 0 atom stereocenters. The first-order chi connectivity index (χ1) is 9.94. The summed E-state index contributed by atoms with van der Waals surface area (Å²) in [6.45, 7) is 0.271. The van der Waals surface area contributed by atoms with Crippen molar-refractivity contribution >= 4 is 21.6 Å². The summed E-state index contributed by atoms with van der Waals surface area (Å²) in [5.41, 5.74) is 1.59. The molecule has 0 saturated carbocycles. The van der Waals surface area contributed by atoms with Crippen molar-refractivity contribution in [3.8, 4) is 0 Å². The fourth-order valence-corrected chi connectivity index (χ4v) is 2.21. The van der Waals surface area contributed by atoms with Crippen LogP contribution in [0.25, 0.3) is 0 Å².